The van der Waals surface area contributed by atoms with E-state index in [0.717, 1.165) is 0 Å². The molecule has 3 aromatic carbocycles. The van der Waals surface area contributed by atoms with Crippen molar-refractivity contribution in [1.29, 1.82) is 0 Å². The second-order valence-corrected chi connectivity index (χ2v) is 9.66. The molecule has 8 nitrogen and oxygen atoms in total. The van der Waals surface area contributed by atoms with E-state index in [-0.39, 0.29) is 16.8 Å². The number of phenolic OH excluding ortho intramolecular Hbond substituents is 2. The summed E-state index contributed by atoms with van der Waals surface area (Å²) in [6.07, 6.45) is -8.52. The summed E-state index contributed by atoms with van der Waals surface area (Å²) in [5.41, 5.74) is 2.72. The Morgan fingerprint density at radius 1 is 0.744 bits per heavy atom. The summed E-state index contributed by atoms with van der Waals surface area (Å²) in [7, 11) is 0. The molecule has 0 saturated heterocycles. The zero-order valence-corrected chi connectivity index (χ0v) is 22.0. The predicted molar refractivity (Wildman–Crippen MR) is 146 cm³/mol. The van der Waals surface area contributed by atoms with Crippen molar-refractivity contribution in [3.05, 3.63) is 101 Å². The van der Waals surface area contributed by atoms with Crippen molar-refractivity contribution >= 4 is 28.9 Å². The van der Waals surface area contributed by atoms with Crippen molar-refractivity contribution in [2.45, 2.75) is 30.6 Å². The van der Waals surface area contributed by atoms with Crippen molar-refractivity contribution in [3.8, 4) is 11.5 Å². The van der Waals surface area contributed by atoms with Crippen molar-refractivity contribution in [2.75, 3.05) is 16.4 Å². The van der Waals surface area contributed by atoms with Crippen LogP contribution in [0.3, 0.4) is 0 Å². The third-order valence-corrected chi connectivity index (χ3v) is 6.76. The van der Waals surface area contributed by atoms with Crippen LogP contribution in [-0.4, -0.2) is 34.4 Å². The van der Waals surface area contributed by atoms with Crippen LogP contribution >= 0.6 is 0 Å². The first-order valence-electron chi connectivity index (χ1n) is 12.5. The van der Waals surface area contributed by atoms with Crippen molar-refractivity contribution < 1.29 is 46.1 Å². The number of benzene rings is 3. The number of phenols is 2. The highest BCUT2D eigenvalue weighted by atomic mass is 19.4. The van der Waals surface area contributed by atoms with Crippen LogP contribution < -0.4 is 22.1 Å². The molecular weight excluding hydrogens is 582 g/mol. The summed E-state index contributed by atoms with van der Waals surface area (Å²) < 4.78 is 88.9. The largest absolute Gasteiger partial charge is 0.506 e. The van der Waals surface area contributed by atoms with Crippen LogP contribution in [0, 0.1) is 0 Å². The van der Waals surface area contributed by atoms with Crippen molar-refractivity contribution in [2.24, 2.45) is 5.73 Å². The molecule has 226 valence electrons. The molecule has 1 aliphatic carbocycles. The average molecular weight is 607 g/mol. The number of nitrogen functional groups attached to an aromatic ring is 1. The number of hydrogen-bond acceptors (Lipinski definition) is 6. The van der Waals surface area contributed by atoms with Gasteiger partial charge in [0.1, 0.15) is 11.5 Å². The SMILES string of the molecule is NC1=CC(C(=O)Nc2cc(C(c3ccc(O)c(NC(=O)c4cccc(N)c4)c3)(C(F)(F)F)C(F)(F)F)ccc2O)=CCC1. The van der Waals surface area contributed by atoms with Gasteiger partial charge in [-0.3, -0.25) is 9.59 Å². The van der Waals surface area contributed by atoms with E-state index in [1.807, 2.05) is 0 Å². The van der Waals surface area contributed by atoms with E-state index < -0.39 is 63.6 Å². The van der Waals surface area contributed by atoms with Gasteiger partial charge in [-0.05, 0) is 72.5 Å². The first-order valence-corrected chi connectivity index (χ1v) is 12.5. The lowest BCUT2D eigenvalue weighted by atomic mass is 9.72. The molecule has 1 aliphatic rings. The maximum atomic E-state index is 14.8. The monoisotopic (exact) mass is 606 g/mol. The number of amides is 2. The number of carbonyl (C=O) groups is 2. The number of halogens is 6. The van der Waals surface area contributed by atoms with Crippen molar-refractivity contribution in [1.82, 2.24) is 0 Å². The maximum absolute atomic E-state index is 14.8. The van der Waals surface area contributed by atoms with Gasteiger partial charge in [-0.2, -0.15) is 26.3 Å². The lowest BCUT2D eigenvalue weighted by molar-refractivity contribution is -0.288. The van der Waals surface area contributed by atoms with E-state index in [2.05, 4.69) is 10.6 Å². The highest BCUT2D eigenvalue weighted by Gasteiger charge is 2.72. The van der Waals surface area contributed by atoms with E-state index in [1.54, 1.807) is 0 Å². The molecule has 0 radical (unpaired) electrons. The lowest BCUT2D eigenvalue weighted by Gasteiger charge is -2.38. The van der Waals surface area contributed by atoms with Gasteiger partial charge in [0.05, 0.1) is 11.4 Å². The normalized spacial score (nSPS) is 14.0. The summed E-state index contributed by atoms with van der Waals surface area (Å²) in [5, 5.41) is 24.8. The summed E-state index contributed by atoms with van der Waals surface area (Å²) in [4.78, 5) is 25.4. The molecule has 0 saturated carbocycles. The van der Waals surface area contributed by atoms with Gasteiger partial charge in [-0.25, -0.2) is 0 Å². The second-order valence-electron chi connectivity index (χ2n) is 9.66. The number of alkyl halides is 6. The zero-order valence-electron chi connectivity index (χ0n) is 22.0. The number of rotatable bonds is 6. The first-order chi connectivity index (χ1) is 20.0. The van der Waals surface area contributed by atoms with E-state index >= 15 is 0 Å². The van der Waals surface area contributed by atoms with Gasteiger partial charge >= 0.3 is 12.4 Å². The molecule has 0 spiro atoms. The molecule has 2 amide bonds. The Morgan fingerprint density at radius 3 is 1.77 bits per heavy atom. The van der Waals surface area contributed by atoms with Gasteiger partial charge in [0, 0.05) is 22.5 Å². The standard InChI is InChI=1S/C29H24F6N4O4/c30-28(31,32)27(29(33,34)35,17-7-9-23(40)21(13-17)38-25(42)15-3-1-5-19(36)11-15)18-8-10-24(41)22(14-18)39-26(43)16-4-2-6-20(37)12-16/h1,3-5,7-14,40-41H,2,6,36-37H2,(H,38,42)(H,39,43). The Hall–Kier alpha value is -5.14. The molecule has 8 N–H and O–H groups in total. The Balaban J connectivity index is 1.85. The summed E-state index contributed by atoms with van der Waals surface area (Å²) in [6.45, 7) is 0. The van der Waals surface area contributed by atoms with Crippen LogP contribution in [0.4, 0.5) is 43.4 Å². The quantitative estimate of drug-likeness (QED) is 0.118. The highest BCUT2D eigenvalue weighted by Crippen LogP contribution is 2.57. The molecule has 0 heterocycles. The first kappa shape index (κ1) is 30.8. The van der Waals surface area contributed by atoms with Gasteiger partial charge in [0.25, 0.3) is 11.8 Å². The average Bonchev–Trinajstić information content (AvgIpc) is 2.91. The van der Waals surface area contributed by atoms with Gasteiger partial charge < -0.3 is 32.3 Å². The topological polar surface area (TPSA) is 151 Å². The number of allylic oxidation sites excluding steroid dienone is 2. The van der Waals surface area contributed by atoms with Crippen LogP contribution in [0.1, 0.15) is 34.3 Å². The number of anilines is 3. The third kappa shape index (κ3) is 5.94. The van der Waals surface area contributed by atoms with Crippen LogP contribution in [0.2, 0.25) is 0 Å². The molecule has 0 aliphatic heterocycles. The van der Waals surface area contributed by atoms with Gasteiger partial charge in [0.15, 0.2) is 0 Å². The molecule has 14 heteroatoms. The fourth-order valence-electron chi connectivity index (χ4n) is 4.67. The number of nitrogens with one attached hydrogen (secondary N) is 2. The summed E-state index contributed by atoms with van der Waals surface area (Å²) in [6, 6.07) is 8.06. The van der Waals surface area contributed by atoms with E-state index in [0.29, 0.717) is 54.9 Å². The minimum atomic E-state index is -6.06. The fraction of sp³-hybridized carbons (Fsp3) is 0.172. The predicted octanol–water partition coefficient (Wildman–Crippen LogP) is 5.84. The van der Waals surface area contributed by atoms with E-state index in [4.69, 9.17) is 11.5 Å². The van der Waals surface area contributed by atoms with Crippen LogP contribution in [-0.2, 0) is 10.2 Å². The van der Waals surface area contributed by atoms with Crippen LogP contribution in [0.15, 0.2) is 84.1 Å². The number of aromatic hydroxyl groups is 2. The summed E-state index contributed by atoms with van der Waals surface area (Å²) in [5.74, 6) is -3.50. The molecule has 0 unspecified atom stereocenters. The Morgan fingerprint density at radius 2 is 1.28 bits per heavy atom. The maximum Gasteiger partial charge on any atom is 0.411 e. The van der Waals surface area contributed by atoms with Crippen molar-refractivity contribution in [3.63, 3.8) is 0 Å². The van der Waals surface area contributed by atoms with E-state index in [9.17, 15) is 46.1 Å². The van der Waals surface area contributed by atoms with Gasteiger partial charge in [-0.1, -0.05) is 24.3 Å². The minimum absolute atomic E-state index is 0.00514. The van der Waals surface area contributed by atoms with Crippen LogP contribution in [0.5, 0.6) is 11.5 Å². The Kier molecular flexibility index (Phi) is 8.07. The summed E-state index contributed by atoms with van der Waals surface area (Å²) >= 11 is 0. The Labute approximate surface area is 240 Å². The molecule has 4 rings (SSSR count). The smallest absolute Gasteiger partial charge is 0.411 e. The second kappa shape index (κ2) is 11.3. The minimum Gasteiger partial charge on any atom is -0.506 e. The molecule has 0 aromatic heterocycles. The molecule has 0 atom stereocenters. The van der Waals surface area contributed by atoms with Gasteiger partial charge in [0.2, 0.25) is 5.41 Å². The number of carbonyl (C=O) groups excluding carboxylic acids is 2. The van der Waals surface area contributed by atoms with Gasteiger partial charge in [-0.15, -0.1) is 0 Å². The molecule has 0 bridgehead atoms. The number of nitrogens with two attached hydrogens (primary N) is 2. The number of hydrogen-bond donors (Lipinski definition) is 6. The van der Waals surface area contributed by atoms with E-state index in [1.165, 1.54) is 36.4 Å². The molecular formula is C29H24F6N4O4. The highest BCUT2D eigenvalue weighted by molar-refractivity contribution is 6.07. The molecule has 0 fully saturated rings. The molecule has 43 heavy (non-hydrogen) atoms. The van der Waals surface area contributed by atoms with Crippen LogP contribution in [0.25, 0.3) is 0 Å². The lowest BCUT2D eigenvalue weighted by Crippen LogP contribution is -2.54. The Bertz CT molecular complexity index is 1630. The zero-order chi connectivity index (χ0) is 31.7. The fourth-order valence-corrected chi connectivity index (χ4v) is 4.67. The third-order valence-electron chi connectivity index (χ3n) is 6.76. The molecule has 3 aromatic rings.